The summed E-state index contributed by atoms with van der Waals surface area (Å²) in [5.41, 5.74) is 0.998. The maximum absolute atomic E-state index is 12.9. The fourth-order valence-electron chi connectivity index (χ4n) is 4.40. The average molecular weight is 383 g/mol. The van der Waals surface area contributed by atoms with E-state index >= 15 is 0 Å². The van der Waals surface area contributed by atoms with Gasteiger partial charge in [-0.3, -0.25) is 14.6 Å². The van der Waals surface area contributed by atoms with Gasteiger partial charge in [-0.05, 0) is 49.1 Å². The van der Waals surface area contributed by atoms with Crippen molar-refractivity contribution in [2.75, 3.05) is 19.6 Å². The lowest BCUT2D eigenvalue weighted by atomic mass is 9.73. The number of carbonyl (C=O) groups is 2. The highest BCUT2D eigenvalue weighted by molar-refractivity contribution is 5.91. The van der Waals surface area contributed by atoms with Gasteiger partial charge in [0.25, 0.3) is 5.91 Å². The number of amides is 2. The number of nitrogens with zero attached hydrogens (tertiary/aromatic N) is 3. The lowest BCUT2D eigenvalue weighted by Gasteiger charge is -2.48. The van der Waals surface area contributed by atoms with Crippen molar-refractivity contribution in [1.29, 1.82) is 0 Å². The van der Waals surface area contributed by atoms with Crippen LogP contribution >= 0.6 is 0 Å². The number of piperidine rings is 2. The van der Waals surface area contributed by atoms with Crippen LogP contribution in [-0.2, 0) is 17.9 Å². The molecule has 4 rings (SSSR count). The molecule has 2 aliphatic heterocycles. The number of carbonyl (C=O) groups excluding carboxylic acids is 2. The Morgan fingerprint density at radius 1 is 1.18 bits per heavy atom. The Hall–Kier alpha value is -2.67. The molecule has 1 N–H and O–H groups in total. The molecule has 0 aliphatic carbocycles. The number of furan rings is 1. The van der Waals surface area contributed by atoms with Gasteiger partial charge < -0.3 is 19.3 Å². The Morgan fingerprint density at radius 2 is 2.00 bits per heavy atom. The molecule has 28 heavy (non-hydrogen) atoms. The van der Waals surface area contributed by atoms with Crippen LogP contribution in [0.15, 0.2) is 41.1 Å². The van der Waals surface area contributed by atoms with Crippen molar-refractivity contribution >= 4 is 11.8 Å². The van der Waals surface area contributed by atoms with Crippen LogP contribution in [0.3, 0.4) is 0 Å². The summed E-state index contributed by atoms with van der Waals surface area (Å²) in [5.74, 6) is 0.685. The molecule has 7 nitrogen and oxygen atoms in total. The number of aromatic nitrogens is 1. The first-order chi connectivity index (χ1) is 13.6. The van der Waals surface area contributed by atoms with Gasteiger partial charge in [0, 0.05) is 50.4 Å². The third-order valence-electron chi connectivity index (χ3n) is 5.85. The number of aliphatic hydroxyl groups excluding tert-OH is 1. The van der Waals surface area contributed by atoms with E-state index < -0.39 is 0 Å². The summed E-state index contributed by atoms with van der Waals surface area (Å²) in [6.07, 6.45) is 6.73. The fourth-order valence-corrected chi connectivity index (χ4v) is 4.40. The second-order valence-electron chi connectivity index (χ2n) is 7.86. The smallest absolute Gasteiger partial charge is 0.289 e. The highest BCUT2D eigenvalue weighted by Crippen LogP contribution is 2.39. The minimum Gasteiger partial charge on any atom is -0.453 e. The van der Waals surface area contributed by atoms with Crippen molar-refractivity contribution in [1.82, 2.24) is 14.8 Å². The van der Waals surface area contributed by atoms with Gasteiger partial charge >= 0.3 is 0 Å². The van der Waals surface area contributed by atoms with Gasteiger partial charge in [-0.15, -0.1) is 0 Å². The molecule has 148 valence electrons. The average Bonchev–Trinajstić information content (AvgIpc) is 3.21. The van der Waals surface area contributed by atoms with Crippen molar-refractivity contribution in [3.8, 4) is 0 Å². The predicted molar refractivity (Wildman–Crippen MR) is 101 cm³/mol. The molecule has 0 saturated carbocycles. The van der Waals surface area contributed by atoms with Crippen LogP contribution in [0, 0.1) is 5.41 Å². The minimum absolute atomic E-state index is 0.0682. The molecule has 4 heterocycles. The second-order valence-corrected chi connectivity index (χ2v) is 7.86. The molecule has 2 aromatic rings. The van der Waals surface area contributed by atoms with Crippen LogP contribution < -0.4 is 0 Å². The second kappa shape index (κ2) is 7.75. The van der Waals surface area contributed by atoms with Crippen molar-refractivity contribution in [2.24, 2.45) is 5.41 Å². The lowest BCUT2D eigenvalue weighted by molar-refractivity contribution is -0.139. The van der Waals surface area contributed by atoms with Crippen LogP contribution in [0.2, 0.25) is 0 Å². The minimum atomic E-state index is -0.219. The van der Waals surface area contributed by atoms with E-state index in [4.69, 9.17) is 9.52 Å². The Labute approximate surface area is 164 Å². The molecule has 0 unspecified atom stereocenters. The normalized spacial score (nSPS) is 22.7. The summed E-state index contributed by atoms with van der Waals surface area (Å²) in [6, 6.07) is 7.11. The third-order valence-corrected chi connectivity index (χ3v) is 5.85. The molecule has 2 aliphatic rings. The van der Waals surface area contributed by atoms with Gasteiger partial charge in [0.05, 0.1) is 0 Å². The number of hydrogen-bond donors (Lipinski definition) is 1. The standard InChI is InChI=1S/C21H25N3O4/c25-13-17-2-3-18(28-17)20(27)23-11-1-7-21(14-23)8-4-19(26)24(15-21)12-16-5-9-22-10-6-16/h2-3,5-6,9-10,25H,1,4,7-8,11-15H2/t21-/m1/s1. The highest BCUT2D eigenvalue weighted by atomic mass is 16.4. The van der Waals surface area contributed by atoms with E-state index in [0.29, 0.717) is 38.4 Å². The van der Waals surface area contributed by atoms with E-state index in [9.17, 15) is 9.59 Å². The van der Waals surface area contributed by atoms with Gasteiger partial charge in [0.15, 0.2) is 5.76 Å². The van der Waals surface area contributed by atoms with Crippen molar-refractivity contribution in [2.45, 2.75) is 38.8 Å². The Bertz CT molecular complexity index is 850. The van der Waals surface area contributed by atoms with Crippen LogP contribution in [0.1, 0.15) is 47.6 Å². The molecular formula is C21H25N3O4. The fraction of sp³-hybridized carbons (Fsp3) is 0.476. The third kappa shape index (κ3) is 3.80. The summed E-state index contributed by atoms with van der Waals surface area (Å²) in [7, 11) is 0. The number of aliphatic hydroxyl groups is 1. The molecule has 0 aromatic carbocycles. The highest BCUT2D eigenvalue weighted by Gasteiger charge is 2.43. The monoisotopic (exact) mass is 383 g/mol. The van der Waals surface area contributed by atoms with E-state index in [1.54, 1.807) is 24.5 Å². The molecule has 2 amide bonds. The summed E-state index contributed by atoms with van der Waals surface area (Å²) in [6.45, 7) is 2.34. The topological polar surface area (TPSA) is 86.9 Å². The van der Waals surface area contributed by atoms with Gasteiger partial charge in [-0.1, -0.05) is 0 Å². The SMILES string of the molecule is O=C1CC[C@@]2(CCCN(C(=O)c3ccc(CO)o3)C2)CN1Cc1ccncc1. The van der Waals surface area contributed by atoms with E-state index in [-0.39, 0.29) is 29.6 Å². The molecule has 7 heteroatoms. The first kappa shape index (κ1) is 18.7. The largest absolute Gasteiger partial charge is 0.453 e. The number of hydrogen-bond acceptors (Lipinski definition) is 5. The van der Waals surface area contributed by atoms with E-state index in [1.165, 1.54) is 0 Å². The zero-order valence-corrected chi connectivity index (χ0v) is 15.8. The molecule has 0 bridgehead atoms. The molecule has 2 fully saturated rings. The summed E-state index contributed by atoms with van der Waals surface area (Å²) in [4.78, 5) is 33.1. The summed E-state index contributed by atoms with van der Waals surface area (Å²) >= 11 is 0. The molecular weight excluding hydrogens is 358 g/mol. The van der Waals surface area contributed by atoms with E-state index in [1.807, 2.05) is 21.9 Å². The zero-order chi connectivity index (χ0) is 19.6. The predicted octanol–water partition coefficient (Wildman–Crippen LogP) is 2.21. The van der Waals surface area contributed by atoms with Crippen LogP contribution in [0.25, 0.3) is 0 Å². The first-order valence-corrected chi connectivity index (χ1v) is 9.74. The molecule has 2 saturated heterocycles. The summed E-state index contributed by atoms with van der Waals surface area (Å²) in [5, 5.41) is 9.16. The van der Waals surface area contributed by atoms with Gasteiger partial charge in [-0.25, -0.2) is 0 Å². The number of likely N-dealkylation sites (tertiary alicyclic amines) is 2. The molecule has 2 aromatic heterocycles. The lowest BCUT2D eigenvalue weighted by Crippen LogP contribution is -2.54. The number of rotatable bonds is 4. The molecule has 0 radical (unpaired) electrons. The van der Waals surface area contributed by atoms with Crippen LogP contribution in [-0.4, -0.2) is 51.3 Å². The summed E-state index contributed by atoms with van der Waals surface area (Å²) < 4.78 is 5.43. The van der Waals surface area contributed by atoms with E-state index in [2.05, 4.69) is 4.98 Å². The van der Waals surface area contributed by atoms with Gasteiger partial charge in [0.2, 0.25) is 5.91 Å². The Morgan fingerprint density at radius 3 is 2.75 bits per heavy atom. The Kier molecular flexibility index (Phi) is 5.17. The van der Waals surface area contributed by atoms with Crippen LogP contribution in [0.4, 0.5) is 0 Å². The zero-order valence-electron chi connectivity index (χ0n) is 15.8. The van der Waals surface area contributed by atoms with E-state index in [0.717, 1.165) is 24.8 Å². The van der Waals surface area contributed by atoms with Crippen molar-refractivity contribution in [3.63, 3.8) is 0 Å². The molecule has 1 spiro atoms. The van der Waals surface area contributed by atoms with Gasteiger partial charge in [0.1, 0.15) is 12.4 Å². The quantitative estimate of drug-likeness (QED) is 0.875. The Balaban J connectivity index is 1.47. The van der Waals surface area contributed by atoms with Crippen molar-refractivity contribution < 1.29 is 19.1 Å². The van der Waals surface area contributed by atoms with Gasteiger partial charge in [-0.2, -0.15) is 0 Å². The molecule has 1 atom stereocenters. The number of pyridine rings is 1. The maximum atomic E-state index is 12.9. The maximum Gasteiger partial charge on any atom is 0.289 e. The first-order valence-electron chi connectivity index (χ1n) is 9.74. The van der Waals surface area contributed by atoms with Crippen LogP contribution in [0.5, 0.6) is 0 Å². The van der Waals surface area contributed by atoms with Crippen molar-refractivity contribution in [3.05, 3.63) is 53.7 Å².